The van der Waals surface area contributed by atoms with Crippen molar-refractivity contribution in [2.45, 2.75) is 19.1 Å². The highest BCUT2D eigenvalue weighted by molar-refractivity contribution is 5.28. The fourth-order valence-corrected chi connectivity index (χ4v) is 1.20. The first-order chi connectivity index (χ1) is 6.75. The second kappa shape index (κ2) is 3.98. The highest BCUT2D eigenvalue weighted by Crippen LogP contribution is 2.18. The van der Waals surface area contributed by atoms with Crippen molar-refractivity contribution in [3.05, 3.63) is 29.8 Å². The third-order valence-electron chi connectivity index (χ3n) is 2.20. The Hall–Kier alpha value is -1.06. The summed E-state index contributed by atoms with van der Waals surface area (Å²) in [5.41, 5.74) is 0.903. The molecule has 1 heterocycles. The summed E-state index contributed by atoms with van der Waals surface area (Å²) in [6, 6.07) is 7.47. The van der Waals surface area contributed by atoms with Crippen LogP contribution in [0.15, 0.2) is 24.3 Å². The Kier molecular flexibility index (Phi) is 2.70. The highest BCUT2D eigenvalue weighted by Gasteiger charge is 2.22. The first kappa shape index (κ1) is 9.49. The summed E-state index contributed by atoms with van der Waals surface area (Å²) in [5.74, 6) is 0.824. The van der Waals surface area contributed by atoms with E-state index in [0.29, 0.717) is 6.61 Å². The minimum atomic E-state index is -0.421. The number of aliphatic hydroxyl groups is 1. The van der Waals surface area contributed by atoms with E-state index in [2.05, 4.69) is 0 Å². The lowest BCUT2D eigenvalue weighted by Crippen LogP contribution is -2.04. The van der Waals surface area contributed by atoms with E-state index >= 15 is 0 Å². The van der Waals surface area contributed by atoms with Crippen LogP contribution in [0.3, 0.4) is 0 Å². The van der Waals surface area contributed by atoms with Crippen LogP contribution in [0.5, 0.6) is 5.75 Å². The Morgan fingerprint density at radius 2 is 2.14 bits per heavy atom. The zero-order valence-electron chi connectivity index (χ0n) is 8.14. The van der Waals surface area contributed by atoms with Crippen molar-refractivity contribution in [1.82, 2.24) is 0 Å². The van der Waals surface area contributed by atoms with Gasteiger partial charge in [-0.15, -0.1) is 0 Å². The lowest BCUT2D eigenvalue weighted by Gasteiger charge is -2.07. The van der Waals surface area contributed by atoms with Crippen molar-refractivity contribution < 1.29 is 14.6 Å². The standard InChI is InChI=1S/C11H14O3/c1-8(12)9-2-4-10(5-3-9)13-6-11-7-14-11/h2-5,8,11-12H,6-7H2,1H3/t8-,11?/m1/s1. The molecule has 0 spiro atoms. The van der Waals surface area contributed by atoms with E-state index < -0.39 is 6.10 Å². The largest absolute Gasteiger partial charge is 0.491 e. The number of hydrogen-bond donors (Lipinski definition) is 1. The SMILES string of the molecule is C[C@@H](O)c1ccc(OCC2CO2)cc1. The molecule has 0 radical (unpaired) electrons. The first-order valence-corrected chi connectivity index (χ1v) is 4.78. The van der Waals surface area contributed by atoms with E-state index in [-0.39, 0.29) is 6.10 Å². The average molecular weight is 194 g/mol. The molecule has 1 aromatic carbocycles. The van der Waals surface area contributed by atoms with Crippen molar-refractivity contribution in [2.75, 3.05) is 13.2 Å². The summed E-state index contributed by atoms with van der Waals surface area (Å²) in [7, 11) is 0. The van der Waals surface area contributed by atoms with Gasteiger partial charge in [-0.25, -0.2) is 0 Å². The van der Waals surface area contributed by atoms with Crippen molar-refractivity contribution in [1.29, 1.82) is 0 Å². The summed E-state index contributed by atoms with van der Waals surface area (Å²) >= 11 is 0. The van der Waals surface area contributed by atoms with Crippen LogP contribution in [0.4, 0.5) is 0 Å². The lowest BCUT2D eigenvalue weighted by atomic mass is 10.1. The predicted octanol–water partition coefficient (Wildman–Crippen LogP) is 1.52. The third kappa shape index (κ3) is 2.47. The van der Waals surface area contributed by atoms with Crippen LogP contribution in [-0.4, -0.2) is 24.4 Å². The van der Waals surface area contributed by atoms with Gasteiger partial charge >= 0.3 is 0 Å². The Morgan fingerprint density at radius 3 is 2.64 bits per heavy atom. The van der Waals surface area contributed by atoms with Gasteiger partial charge in [0.1, 0.15) is 18.5 Å². The molecule has 1 saturated heterocycles. The van der Waals surface area contributed by atoms with E-state index in [4.69, 9.17) is 9.47 Å². The van der Waals surface area contributed by atoms with Gasteiger partial charge in [-0.05, 0) is 24.6 Å². The van der Waals surface area contributed by atoms with Gasteiger partial charge in [0.2, 0.25) is 0 Å². The fraction of sp³-hybridized carbons (Fsp3) is 0.455. The summed E-state index contributed by atoms with van der Waals surface area (Å²) in [5, 5.41) is 9.28. The summed E-state index contributed by atoms with van der Waals surface area (Å²) in [4.78, 5) is 0. The normalized spacial score (nSPS) is 21.7. The van der Waals surface area contributed by atoms with E-state index in [9.17, 15) is 5.11 Å². The molecule has 0 amide bonds. The number of hydrogen-bond acceptors (Lipinski definition) is 3. The van der Waals surface area contributed by atoms with Crippen LogP contribution in [0.2, 0.25) is 0 Å². The van der Waals surface area contributed by atoms with Crippen LogP contribution in [-0.2, 0) is 4.74 Å². The van der Waals surface area contributed by atoms with Crippen molar-refractivity contribution in [3.8, 4) is 5.75 Å². The van der Waals surface area contributed by atoms with E-state index in [1.807, 2.05) is 24.3 Å². The Morgan fingerprint density at radius 1 is 1.50 bits per heavy atom. The van der Waals surface area contributed by atoms with Crippen LogP contribution in [0.25, 0.3) is 0 Å². The first-order valence-electron chi connectivity index (χ1n) is 4.78. The van der Waals surface area contributed by atoms with Gasteiger partial charge in [-0.3, -0.25) is 0 Å². The number of rotatable bonds is 4. The molecule has 0 bridgehead atoms. The summed E-state index contributed by atoms with van der Waals surface area (Å²) in [6.07, 6.45) is -0.137. The second-order valence-corrected chi connectivity index (χ2v) is 3.51. The molecule has 1 fully saturated rings. The van der Waals surface area contributed by atoms with Crippen LogP contribution in [0.1, 0.15) is 18.6 Å². The maximum atomic E-state index is 9.28. The molecule has 3 nitrogen and oxygen atoms in total. The van der Waals surface area contributed by atoms with Crippen molar-refractivity contribution >= 4 is 0 Å². The van der Waals surface area contributed by atoms with Gasteiger partial charge < -0.3 is 14.6 Å². The van der Waals surface area contributed by atoms with Gasteiger partial charge in [0, 0.05) is 0 Å². The fourth-order valence-electron chi connectivity index (χ4n) is 1.20. The Balaban J connectivity index is 1.91. The second-order valence-electron chi connectivity index (χ2n) is 3.51. The molecule has 2 atom stereocenters. The molecule has 14 heavy (non-hydrogen) atoms. The molecule has 2 rings (SSSR count). The third-order valence-corrected chi connectivity index (χ3v) is 2.20. The molecule has 76 valence electrons. The molecule has 0 saturated carbocycles. The van der Waals surface area contributed by atoms with E-state index in [0.717, 1.165) is 17.9 Å². The maximum absolute atomic E-state index is 9.28. The Labute approximate surface area is 83.3 Å². The highest BCUT2D eigenvalue weighted by atomic mass is 16.6. The van der Waals surface area contributed by atoms with Crippen LogP contribution < -0.4 is 4.74 Å². The quantitative estimate of drug-likeness (QED) is 0.739. The molecule has 3 heteroatoms. The van der Waals surface area contributed by atoms with Gasteiger partial charge in [0.05, 0.1) is 12.7 Å². The predicted molar refractivity (Wildman–Crippen MR) is 52.3 cm³/mol. The Bertz CT molecular complexity index is 288. The monoisotopic (exact) mass is 194 g/mol. The minimum Gasteiger partial charge on any atom is -0.491 e. The summed E-state index contributed by atoms with van der Waals surface area (Å²) in [6.45, 7) is 3.17. The van der Waals surface area contributed by atoms with E-state index in [1.165, 1.54) is 0 Å². The zero-order valence-corrected chi connectivity index (χ0v) is 8.14. The lowest BCUT2D eigenvalue weighted by molar-refractivity contribution is 0.199. The van der Waals surface area contributed by atoms with Crippen LogP contribution >= 0.6 is 0 Å². The zero-order chi connectivity index (χ0) is 9.97. The molecule has 1 aromatic rings. The number of epoxide rings is 1. The molecular formula is C11H14O3. The van der Waals surface area contributed by atoms with Gasteiger partial charge in [-0.2, -0.15) is 0 Å². The van der Waals surface area contributed by atoms with Crippen molar-refractivity contribution in [2.24, 2.45) is 0 Å². The minimum absolute atomic E-state index is 0.284. The van der Waals surface area contributed by atoms with Crippen molar-refractivity contribution in [3.63, 3.8) is 0 Å². The number of benzene rings is 1. The van der Waals surface area contributed by atoms with Gasteiger partial charge in [0.15, 0.2) is 0 Å². The van der Waals surface area contributed by atoms with Gasteiger partial charge in [-0.1, -0.05) is 12.1 Å². The molecule has 1 unspecified atom stereocenters. The van der Waals surface area contributed by atoms with Gasteiger partial charge in [0.25, 0.3) is 0 Å². The molecule has 0 aliphatic carbocycles. The van der Waals surface area contributed by atoms with Crippen LogP contribution in [0, 0.1) is 0 Å². The topological polar surface area (TPSA) is 42.0 Å². The van der Waals surface area contributed by atoms with E-state index in [1.54, 1.807) is 6.92 Å². The number of ether oxygens (including phenoxy) is 2. The smallest absolute Gasteiger partial charge is 0.119 e. The molecule has 1 aliphatic heterocycles. The average Bonchev–Trinajstić information content (AvgIpc) is 2.99. The molecular weight excluding hydrogens is 180 g/mol. The maximum Gasteiger partial charge on any atom is 0.119 e. The molecule has 1 aliphatic rings. The molecule has 1 N–H and O–H groups in total. The number of aliphatic hydroxyl groups excluding tert-OH is 1. The molecule has 0 aromatic heterocycles. The summed E-state index contributed by atoms with van der Waals surface area (Å²) < 4.78 is 10.5.